The zero-order valence-electron chi connectivity index (χ0n) is 11.7. The molecule has 5 heteroatoms. The van der Waals surface area contributed by atoms with E-state index in [1.807, 2.05) is 19.9 Å². The number of carbonyl (C=O) groups is 1. The Balaban J connectivity index is 1.82. The fraction of sp³-hybridized carbons (Fsp3) is 0.400. The first kappa shape index (κ1) is 12.8. The van der Waals surface area contributed by atoms with Gasteiger partial charge in [-0.15, -0.1) is 0 Å². The lowest BCUT2D eigenvalue weighted by atomic mass is 10.1. The highest BCUT2D eigenvalue weighted by molar-refractivity contribution is 5.95. The van der Waals surface area contributed by atoms with Gasteiger partial charge in [-0.05, 0) is 44.7 Å². The minimum Gasteiger partial charge on any atom is -0.365 e. The van der Waals surface area contributed by atoms with Crippen LogP contribution in [0.2, 0.25) is 0 Å². The molecule has 2 N–H and O–H groups in total. The Kier molecular flexibility index (Phi) is 3.26. The van der Waals surface area contributed by atoms with Crippen LogP contribution in [0.1, 0.15) is 46.5 Å². The van der Waals surface area contributed by atoms with Crippen LogP contribution in [-0.4, -0.2) is 20.9 Å². The van der Waals surface area contributed by atoms with Gasteiger partial charge in [0.25, 0.3) is 5.91 Å². The lowest BCUT2D eigenvalue weighted by Gasteiger charge is -2.17. The van der Waals surface area contributed by atoms with Crippen molar-refractivity contribution in [2.75, 3.05) is 0 Å². The second kappa shape index (κ2) is 5.07. The summed E-state index contributed by atoms with van der Waals surface area (Å²) in [7, 11) is 0. The Labute approximate surface area is 117 Å². The van der Waals surface area contributed by atoms with Gasteiger partial charge in [-0.3, -0.25) is 4.79 Å². The Morgan fingerprint density at radius 2 is 2.20 bits per heavy atom. The van der Waals surface area contributed by atoms with Crippen LogP contribution in [0.25, 0.3) is 0 Å². The van der Waals surface area contributed by atoms with E-state index in [1.54, 1.807) is 18.5 Å². The average molecular weight is 270 g/mol. The van der Waals surface area contributed by atoms with Crippen LogP contribution < -0.4 is 5.32 Å². The third kappa shape index (κ3) is 2.57. The van der Waals surface area contributed by atoms with Crippen molar-refractivity contribution >= 4 is 5.91 Å². The van der Waals surface area contributed by atoms with Gasteiger partial charge in [0.15, 0.2) is 5.82 Å². The second-order valence-electron chi connectivity index (χ2n) is 5.36. The molecular weight excluding hydrogens is 252 g/mol. The number of rotatable bonds is 4. The van der Waals surface area contributed by atoms with E-state index in [0.717, 1.165) is 24.2 Å². The van der Waals surface area contributed by atoms with Crippen molar-refractivity contribution in [2.24, 2.45) is 5.92 Å². The SMILES string of the molecule is Cc1ccnc([C@H](NC(=O)c2cc[nH]c2C)C2CC2)n1. The van der Waals surface area contributed by atoms with E-state index in [0.29, 0.717) is 17.3 Å². The molecule has 2 aromatic rings. The fourth-order valence-corrected chi connectivity index (χ4v) is 2.36. The maximum absolute atomic E-state index is 12.3. The number of hydrogen-bond acceptors (Lipinski definition) is 3. The quantitative estimate of drug-likeness (QED) is 0.895. The van der Waals surface area contributed by atoms with E-state index in [4.69, 9.17) is 0 Å². The molecule has 104 valence electrons. The summed E-state index contributed by atoms with van der Waals surface area (Å²) in [4.78, 5) is 24.1. The van der Waals surface area contributed by atoms with Crippen molar-refractivity contribution in [3.8, 4) is 0 Å². The van der Waals surface area contributed by atoms with E-state index >= 15 is 0 Å². The molecule has 1 amide bonds. The zero-order valence-corrected chi connectivity index (χ0v) is 11.7. The molecule has 0 aliphatic heterocycles. The van der Waals surface area contributed by atoms with Gasteiger partial charge in [0, 0.05) is 23.8 Å². The van der Waals surface area contributed by atoms with Crippen molar-refractivity contribution in [3.05, 3.63) is 47.3 Å². The van der Waals surface area contributed by atoms with Gasteiger partial charge in [0.2, 0.25) is 0 Å². The third-order valence-corrected chi connectivity index (χ3v) is 3.67. The van der Waals surface area contributed by atoms with E-state index in [9.17, 15) is 4.79 Å². The molecule has 1 saturated carbocycles. The maximum Gasteiger partial charge on any atom is 0.253 e. The molecule has 20 heavy (non-hydrogen) atoms. The Morgan fingerprint density at radius 3 is 2.80 bits per heavy atom. The largest absolute Gasteiger partial charge is 0.365 e. The molecule has 2 heterocycles. The molecule has 1 atom stereocenters. The normalized spacial score (nSPS) is 15.9. The van der Waals surface area contributed by atoms with Crippen LogP contribution >= 0.6 is 0 Å². The van der Waals surface area contributed by atoms with Gasteiger partial charge in [0.05, 0.1) is 11.6 Å². The van der Waals surface area contributed by atoms with Crippen LogP contribution in [0.15, 0.2) is 24.5 Å². The predicted octanol–water partition coefficient (Wildman–Crippen LogP) is 2.30. The zero-order chi connectivity index (χ0) is 14.1. The lowest BCUT2D eigenvalue weighted by molar-refractivity contribution is 0.0929. The summed E-state index contributed by atoms with van der Waals surface area (Å²) < 4.78 is 0. The van der Waals surface area contributed by atoms with E-state index in [-0.39, 0.29) is 11.9 Å². The summed E-state index contributed by atoms with van der Waals surface area (Å²) in [6.45, 7) is 3.83. The molecule has 2 aromatic heterocycles. The number of H-pyrrole nitrogens is 1. The molecular formula is C15H18N4O. The van der Waals surface area contributed by atoms with Gasteiger partial charge in [0.1, 0.15) is 0 Å². The van der Waals surface area contributed by atoms with E-state index in [2.05, 4.69) is 20.3 Å². The average Bonchev–Trinajstić information content (AvgIpc) is 3.17. The molecule has 3 rings (SSSR count). The smallest absolute Gasteiger partial charge is 0.253 e. The van der Waals surface area contributed by atoms with Crippen LogP contribution in [0, 0.1) is 19.8 Å². The van der Waals surface area contributed by atoms with Crippen LogP contribution in [0.4, 0.5) is 0 Å². The molecule has 0 spiro atoms. The lowest BCUT2D eigenvalue weighted by Crippen LogP contribution is -2.31. The second-order valence-corrected chi connectivity index (χ2v) is 5.36. The van der Waals surface area contributed by atoms with Crippen LogP contribution in [-0.2, 0) is 0 Å². The molecule has 0 bridgehead atoms. The summed E-state index contributed by atoms with van der Waals surface area (Å²) in [6, 6.07) is 3.58. The van der Waals surface area contributed by atoms with Gasteiger partial charge < -0.3 is 10.3 Å². The highest BCUT2D eigenvalue weighted by atomic mass is 16.1. The molecule has 0 unspecified atom stereocenters. The molecule has 0 radical (unpaired) electrons. The first-order valence-electron chi connectivity index (χ1n) is 6.89. The number of nitrogens with zero attached hydrogens (tertiary/aromatic N) is 2. The van der Waals surface area contributed by atoms with Crippen molar-refractivity contribution in [3.63, 3.8) is 0 Å². The number of amides is 1. The first-order chi connectivity index (χ1) is 9.65. The van der Waals surface area contributed by atoms with Gasteiger partial charge in [-0.2, -0.15) is 0 Å². The molecule has 0 saturated heterocycles. The summed E-state index contributed by atoms with van der Waals surface area (Å²) in [5.41, 5.74) is 2.48. The van der Waals surface area contributed by atoms with Gasteiger partial charge in [-0.1, -0.05) is 0 Å². The van der Waals surface area contributed by atoms with Crippen molar-refractivity contribution < 1.29 is 4.79 Å². The minimum atomic E-state index is -0.0864. The number of aryl methyl sites for hydroxylation is 2. The number of aromatic nitrogens is 3. The topological polar surface area (TPSA) is 70.7 Å². The first-order valence-corrected chi connectivity index (χ1v) is 6.89. The monoisotopic (exact) mass is 270 g/mol. The van der Waals surface area contributed by atoms with Crippen molar-refractivity contribution in [1.82, 2.24) is 20.3 Å². The van der Waals surface area contributed by atoms with Crippen LogP contribution in [0.3, 0.4) is 0 Å². The third-order valence-electron chi connectivity index (χ3n) is 3.67. The Hall–Kier alpha value is -2.17. The Morgan fingerprint density at radius 1 is 1.40 bits per heavy atom. The highest BCUT2D eigenvalue weighted by Crippen LogP contribution is 2.40. The summed E-state index contributed by atoms with van der Waals surface area (Å²) in [5.74, 6) is 1.11. The highest BCUT2D eigenvalue weighted by Gasteiger charge is 2.35. The van der Waals surface area contributed by atoms with E-state index in [1.165, 1.54) is 0 Å². The molecule has 5 nitrogen and oxygen atoms in total. The molecule has 1 fully saturated rings. The summed E-state index contributed by atoms with van der Waals surface area (Å²) >= 11 is 0. The van der Waals surface area contributed by atoms with Gasteiger partial charge in [-0.25, -0.2) is 9.97 Å². The molecule has 1 aliphatic carbocycles. The number of aromatic amines is 1. The van der Waals surface area contributed by atoms with Gasteiger partial charge >= 0.3 is 0 Å². The number of nitrogens with one attached hydrogen (secondary N) is 2. The predicted molar refractivity (Wildman–Crippen MR) is 75.2 cm³/mol. The van der Waals surface area contributed by atoms with Crippen LogP contribution in [0.5, 0.6) is 0 Å². The fourth-order valence-electron chi connectivity index (χ4n) is 2.36. The standard InChI is InChI=1S/C15H18N4O/c1-9-5-7-17-14(18-9)13(11-3-4-11)19-15(20)12-6-8-16-10(12)2/h5-8,11,13,16H,3-4H2,1-2H3,(H,19,20)/t13-/m1/s1. The number of hydrogen-bond donors (Lipinski definition) is 2. The minimum absolute atomic E-state index is 0.0641. The summed E-state index contributed by atoms with van der Waals surface area (Å²) in [6.07, 6.45) is 5.77. The Bertz CT molecular complexity index is 630. The summed E-state index contributed by atoms with van der Waals surface area (Å²) in [5, 5.41) is 3.08. The maximum atomic E-state index is 12.3. The number of carbonyl (C=O) groups excluding carboxylic acids is 1. The molecule has 1 aliphatic rings. The van der Waals surface area contributed by atoms with Crippen molar-refractivity contribution in [1.29, 1.82) is 0 Å². The molecule has 0 aromatic carbocycles. The van der Waals surface area contributed by atoms with Crippen molar-refractivity contribution in [2.45, 2.75) is 32.7 Å². The van der Waals surface area contributed by atoms with E-state index < -0.39 is 0 Å².